The maximum atomic E-state index is 13.0. The van der Waals surface area contributed by atoms with Crippen molar-refractivity contribution < 1.29 is 14.0 Å². The molecule has 1 aliphatic rings. The van der Waals surface area contributed by atoms with E-state index in [-0.39, 0.29) is 10.7 Å². The van der Waals surface area contributed by atoms with Gasteiger partial charge in [-0.3, -0.25) is 19.8 Å². The summed E-state index contributed by atoms with van der Waals surface area (Å²) in [6.45, 7) is 3.87. The zero-order chi connectivity index (χ0) is 19.9. The molecule has 140 valence electrons. The molecule has 1 saturated heterocycles. The van der Waals surface area contributed by atoms with Crippen molar-refractivity contribution in [2.24, 2.45) is 0 Å². The summed E-state index contributed by atoms with van der Waals surface area (Å²) >= 11 is 8.64. The highest BCUT2D eigenvalue weighted by Crippen LogP contribution is 2.31. The number of carbonyl (C=O) groups is 2. The monoisotopic (exact) mass is 447 g/mol. The average Bonchev–Trinajstić information content (AvgIpc) is 2.91. The van der Waals surface area contributed by atoms with Crippen molar-refractivity contribution >= 4 is 62.7 Å². The molecule has 1 aromatic heterocycles. The van der Waals surface area contributed by atoms with E-state index in [9.17, 15) is 9.59 Å². The van der Waals surface area contributed by atoms with Crippen LogP contribution < -0.4 is 15.1 Å². The van der Waals surface area contributed by atoms with Crippen LogP contribution >= 0.6 is 28.1 Å². The van der Waals surface area contributed by atoms with Crippen LogP contribution in [0.1, 0.15) is 16.9 Å². The molecule has 2 aromatic rings. The Morgan fingerprint density at radius 3 is 2.33 bits per heavy atom. The van der Waals surface area contributed by atoms with Crippen molar-refractivity contribution in [2.75, 3.05) is 23.9 Å². The first-order valence-corrected chi connectivity index (χ1v) is 9.34. The maximum Gasteiger partial charge on any atom is 0.270 e. The number of hydrogen-bond acceptors (Lipinski definition) is 5. The molecule has 6 nitrogen and oxygen atoms in total. The normalized spacial score (nSPS) is 16.1. The molecular weight excluding hydrogens is 430 g/mol. The van der Waals surface area contributed by atoms with Crippen LogP contribution in [-0.4, -0.2) is 31.0 Å². The largest absolute Gasteiger partial charge is 0.440 e. The molecule has 27 heavy (non-hydrogen) atoms. The van der Waals surface area contributed by atoms with E-state index < -0.39 is 11.8 Å². The lowest BCUT2D eigenvalue weighted by Crippen LogP contribution is -2.54. The summed E-state index contributed by atoms with van der Waals surface area (Å²) in [6.07, 6.45) is 1.42. The first-order chi connectivity index (χ1) is 12.7. The highest BCUT2D eigenvalue weighted by Gasteiger charge is 2.35. The van der Waals surface area contributed by atoms with Gasteiger partial charge in [-0.05, 0) is 71.3 Å². The summed E-state index contributed by atoms with van der Waals surface area (Å²) in [5, 5.41) is 2.63. The van der Waals surface area contributed by atoms with Crippen LogP contribution in [0, 0.1) is 13.8 Å². The van der Waals surface area contributed by atoms with Gasteiger partial charge in [0, 0.05) is 20.2 Å². The van der Waals surface area contributed by atoms with Crippen LogP contribution in [0.3, 0.4) is 0 Å². The zero-order valence-corrected chi connectivity index (χ0v) is 17.7. The van der Waals surface area contributed by atoms with Gasteiger partial charge < -0.3 is 9.32 Å². The second-order valence-corrected chi connectivity index (χ2v) is 7.74. The average molecular weight is 448 g/mol. The Kier molecular flexibility index (Phi) is 5.21. The summed E-state index contributed by atoms with van der Waals surface area (Å²) in [5.74, 6) is -0.0679. The molecule has 0 spiro atoms. The van der Waals surface area contributed by atoms with E-state index in [2.05, 4.69) is 21.2 Å². The van der Waals surface area contributed by atoms with Gasteiger partial charge in [-0.2, -0.15) is 0 Å². The van der Waals surface area contributed by atoms with Crippen molar-refractivity contribution in [1.82, 2.24) is 5.32 Å². The maximum absolute atomic E-state index is 13.0. The van der Waals surface area contributed by atoms with E-state index >= 15 is 0 Å². The molecule has 1 fully saturated rings. The SMILES string of the molecule is Cc1cc(C)cc(N2C(=O)/C(=C/c3cc(Br)c(N(C)C)o3)C(=O)NC2=S)c1. The molecule has 1 aromatic carbocycles. The number of thiocarbonyl (C=S) groups is 1. The first-order valence-electron chi connectivity index (χ1n) is 8.14. The first kappa shape index (κ1) is 19.3. The summed E-state index contributed by atoms with van der Waals surface area (Å²) in [4.78, 5) is 28.5. The van der Waals surface area contributed by atoms with Gasteiger partial charge in [0.2, 0.25) is 5.88 Å². The lowest BCUT2D eigenvalue weighted by atomic mass is 10.1. The molecule has 8 heteroatoms. The minimum absolute atomic E-state index is 0.0469. The van der Waals surface area contributed by atoms with Crippen LogP contribution in [0.25, 0.3) is 6.08 Å². The lowest BCUT2D eigenvalue weighted by Gasteiger charge is -2.29. The van der Waals surface area contributed by atoms with E-state index in [1.807, 2.05) is 46.1 Å². The van der Waals surface area contributed by atoms with Crippen LogP contribution in [0.5, 0.6) is 0 Å². The Bertz CT molecular complexity index is 974. The number of rotatable bonds is 3. The van der Waals surface area contributed by atoms with E-state index in [1.54, 1.807) is 11.0 Å². The van der Waals surface area contributed by atoms with Crippen LogP contribution in [0.4, 0.5) is 11.6 Å². The topological polar surface area (TPSA) is 65.8 Å². The van der Waals surface area contributed by atoms with Gasteiger partial charge in [-0.1, -0.05) is 6.07 Å². The number of nitrogens with zero attached hydrogens (tertiary/aromatic N) is 2. The molecule has 0 atom stereocenters. The van der Waals surface area contributed by atoms with Crippen LogP contribution in [-0.2, 0) is 9.59 Å². The Hall–Kier alpha value is -2.45. The van der Waals surface area contributed by atoms with Gasteiger partial charge in [0.25, 0.3) is 11.8 Å². The minimum Gasteiger partial charge on any atom is -0.440 e. The lowest BCUT2D eigenvalue weighted by molar-refractivity contribution is -0.122. The molecule has 2 heterocycles. The second kappa shape index (κ2) is 7.28. The van der Waals surface area contributed by atoms with E-state index in [0.717, 1.165) is 15.6 Å². The van der Waals surface area contributed by atoms with Gasteiger partial charge in [0.15, 0.2) is 5.11 Å². The number of aryl methyl sites for hydroxylation is 2. The van der Waals surface area contributed by atoms with E-state index in [1.165, 1.54) is 11.0 Å². The van der Waals surface area contributed by atoms with Crippen molar-refractivity contribution in [3.8, 4) is 0 Å². The summed E-state index contributed by atoms with van der Waals surface area (Å²) in [5.41, 5.74) is 2.56. The number of nitrogens with one attached hydrogen (secondary N) is 1. The number of furan rings is 1. The zero-order valence-electron chi connectivity index (χ0n) is 15.3. The molecule has 2 amide bonds. The standard InChI is InChI=1S/C19H18BrN3O3S/c1-10-5-11(2)7-12(6-10)23-17(25)14(16(24)21-19(23)27)8-13-9-15(20)18(26-13)22(3)4/h5-9H,1-4H3,(H,21,24,27)/b14-8+. The minimum atomic E-state index is -0.551. The number of amides is 2. The second-order valence-electron chi connectivity index (χ2n) is 6.50. The number of benzene rings is 1. The van der Waals surface area contributed by atoms with Gasteiger partial charge in [0.1, 0.15) is 11.3 Å². The van der Waals surface area contributed by atoms with Crippen LogP contribution in [0.15, 0.2) is 38.7 Å². The van der Waals surface area contributed by atoms with E-state index in [4.69, 9.17) is 16.6 Å². The van der Waals surface area contributed by atoms with Gasteiger partial charge in [-0.15, -0.1) is 0 Å². The highest BCUT2D eigenvalue weighted by atomic mass is 79.9. The quantitative estimate of drug-likeness (QED) is 0.442. The molecule has 0 unspecified atom stereocenters. The predicted molar refractivity (Wildman–Crippen MR) is 113 cm³/mol. The van der Waals surface area contributed by atoms with E-state index in [0.29, 0.717) is 17.3 Å². The Labute approximate surface area is 170 Å². The molecule has 0 radical (unpaired) electrons. The Morgan fingerprint density at radius 1 is 1.15 bits per heavy atom. The third kappa shape index (κ3) is 3.81. The van der Waals surface area contributed by atoms with Crippen molar-refractivity contribution in [2.45, 2.75) is 13.8 Å². The summed E-state index contributed by atoms with van der Waals surface area (Å²) < 4.78 is 6.43. The van der Waals surface area contributed by atoms with Gasteiger partial charge in [-0.25, -0.2) is 0 Å². The summed E-state index contributed by atoms with van der Waals surface area (Å²) in [6, 6.07) is 7.40. The molecule has 1 N–H and O–H groups in total. The number of carbonyl (C=O) groups excluding carboxylic acids is 2. The van der Waals surface area contributed by atoms with Gasteiger partial charge >= 0.3 is 0 Å². The van der Waals surface area contributed by atoms with Crippen molar-refractivity contribution in [3.63, 3.8) is 0 Å². The van der Waals surface area contributed by atoms with Gasteiger partial charge in [0.05, 0.1) is 10.2 Å². The third-order valence-electron chi connectivity index (χ3n) is 3.95. The molecule has 0 bridgehead atoms. The molecule has 1 aliphatic heterocycles. The molecule has 0 aliphatic carbocycles. The van der Waals surface area contributed by atoms with Crippen molar-refractivity contribution in [1.29, 1.82) is 0 Å². The molecule has 3 rings (SSSR count). The van der Waals surface area contributed by atoms with Crippen molar-refractivity contribution in [3.05, 3.63) is 51.2 Å². The number of anilines is 2. The fourth-order valence-electron chi connectivity index (χ4n) is 2.87. The third-order valence-corrected chi connectivity index (χ3v) is 4.80. The smallest absolute Gasteiger partial charge is 0.270 e. The number of halogens is 1. The predicted octanol–water partition coefficient (Wildman–Crippen LogP) is 3.56. The Balaban J connectivity index is 2.03. The Morgan fingerprint density at radius 2 is 1.78 bits per heavy atom. The fourth-order valence-corrected chi connectivity index (χ4v) is 3.81. The fraction of sp³-hybridized carbons (Fsp3) is 0.211. The molecule has 0 saturated carbocycles. The number of hydrogen-bond donors (Lipinski definition) is 1. The van der Waals surface area contributed by atoms with Crippen LogP contribution in [0.2, 0.25) is 0 Å². The highest BCUT2D eigenvalue weighted by molar-refractivity contribution is 9.10. The molecular formula is C19H18BrN3O3S. The summed E-state index contributed by atoms with van der Waals surface area (Å²) in [7, 11) is 3.67.